The SMILES string of the molecule is CC(=O)O[C@H]1CC[C@H]2[C@@H]3CC[C@H]4C(=O)c5oncc5C[C@]4(C)[C@H]3CC[C@]12C. The quantitative estimate of drug-likeness (QED) is 0.692. The Kier molecular flexibility index (Phi) is 3.67. The average molecular weight is 371 g/mol. The van der Waals surface area contributed by atoms with E-state index < -0.39 is 0 Å². The summed E-state index contributed by atoms with van der Waals surface area (Å²) in [5, 5.41) is 3.90. The predicted molar refractivity (Wildman–Crippen MR) is 98.0 cm³/mol. The summed E-state index contributed by atoms with van der Waals surface area (Å²) < 4.78 is 11.0. The maximum Gasteiger partial charge on any atom is 0.302 e. The van der Waals surface area contributed by atoms with Crippen LogP contribution in [0.2, 0.25) is 0 Å². The van der Waals surface area contributed by atoms with Gasteiger partial charge in [-0.1, -0.05) is 19.0 Å². The number of nitrogens with zero attached hydrogens (tertiary/aromatic N) is 1. The second-order valence-electron chi connectivity index (χ2n) is 9.95. The molecular weight excluding hydrogens is 342 g/mol. The summed E-state index contributed by atoms with van der Waals surface area (Å²) in [6, 6.07) is 0. The van der Waals surface area contributed by atoms with Crippen LogP contribution in [0.4, 0.5) is 0 Å². The fraction of sp³-hybridized carbons (Fsp3) is 0.773. The van der Waals surface area contributed by atoms with Gasteiger partial charge in [-0.3, -0.25) is 9.59 Å². The van der Waals surface area contributed by atoms with Gasteiger partial charge in [0.1, 0.15) is 6.10 Å². The van der Waals surface area contributed by atoms with Gasteiger partial charge in [0.2, 0.25) is 11.5 Å². The van der Waals surface area contributed by atoms with Crippen molar-refractivity contribution in [3.63, 3.8) is 0 Å². The molecule has 1 aromatic heterocycles. The molecule has 27 heavy (non-hydrogen) atoms. The van der Waals surface area contributed by atoms with E-state index in [0.717, 1.165) is 50.5 Å². The molecular formula is C22H29NO4. The third-order valence-electron chi connectivity index (χ3n) is 8.85. The van der Waals surface area contributed by atoms with Crippen LogP contribution in [-0.2, 0) is 16.0 Å². The molecule has 5 rings (SSSR count). The largest absolute Gasteiger partial charge is 0.462 e. The second-order valence-corrected chi connectivity index (χ2v) is 9.95. The summed E-state index contributed by atoms with van der Waals surface area (Å²) in [5.41, 5.74) is 1.09. The number of carbonyl (C=O) groups excluding carboxylic acids is 2. The second kappa shape index (κ2) is 5.68. The number of esters is 1. The van der Waals surface area contributed by atoms with E-state index in [1.54, 1.807) is 6.20 Å². The van der Waals surface area contributed by atoms with Crippen LogP contribution < -0.4 is 0 Å². The summed E-state index contributed by atoms with van der Waals surface area (Å²) in [6.45, 7) is 6.20. The first kappa shape index (κ1) is 17.4. The molecule has 1 heterocycles. The number of ketones is 1. The van der Waals surface area contributed by atoms with Crippen LogP contribution in [0.5, 0.6) is 0 Å². The molecule has 0 N–H and O–H groups in total. The van der Waals surface area contributed by atoms with Gasteiger partial charge in [0.25, 0.3) is 0 Å². The summed E-state index contributed by atoms with van der Waals surface area (Å²) in [4.78, 5) is 24.7. The van der Waals surface area contributed by atoms with Crippen molar-refractivity contribution in [3.8, 4) is 0 Å². The topological polar surface area (TPSA) is 69.4 Å². The third-order valence-corrected chi connectivity index (χ3v) is 8.85. The Labute approximate surface area is 160 Å². The van der Waals surface area contributed by atoms with E-state index in [-0.39, 0.29) is 34.6 Å². The Morgan fingerprint density at radius 3 is 2.70 bits per heavy atom. The minimum Gasteiger partial charge on any atom is -0.462 e. The molecule has 3 saturated carbocycles. The van der Waals surface area contributed by atoms with Gasteiger partial charge >= 0.3 is 5.97 Å². The average Bonchev–Trinajstić information content (AvgIpc) is 3.19. The van der Waals surface area contributed by atoms with Crippen LogP contribution in [0.15, 0.2) is 10.7 Å². The molecule has 0 amide bonds. The molecule has 0 unspecified atom stereocenters. The molecule has 0 bridgehead atoms. The zero-order valence-electron chi connectivity index (χ0n) is 16.5. The van der Waals surface area contributed by atoms with Crippen LogP contribution in [0.25, 0.3) is 0 Å². The first-order valence-electron chi connectivity index (χ1n) is 10.5. The lowest BCUT2D eigenvalue weighted by Gasteiger charge is -2.59. The zero-order valence-corrected chi connectivity index (χ0v) is 16.5. The first-order chi connectivity index (χ1) is 12.8. The van der Waals surface area contributed by atoms with Gasteiger partial charge in [-0.25, -0.2) is 0 Å². The highest BCUT2D eigenvalue weighted by molar-refractivity contribution is 5.98. The number of aromatic nitrogens is 1. The van der Waals surface area contributed by atoms with Crippen LogP contribution in [-0.4, -0.2) is 23.0 Å². The molecule has 0 aromatic carbocycles. The minimum atomic E-state index is -0.155. The van der Waals surface area contributed by atoms with Gasteiger partial charge in [0.15, 0.2) is 0 Å². The fourth-order valence-corrected chi connectivity index (χ4v) is 7.64. The maximum atomic E-state index is 13.1. The van der Waals surface area contributed by atoms with Crippen molar-refractivity contribution in [2.45, 2.75) is 71.8 Å². The van der Waals surface area contributed by atoms with Gasteiger partial charge in [-0.15, -0.1) is 0 Å². The normalized spacial score (nSPS) is 45.4. The van der Waals surface area contributed by atoms with E-state index in [2.05, 4.69) is 19.0 Å². The van der Waals surface area contributed by atoms with Gasteiger partial charge in [-0.2, -0.15) is 0 Å². The van der Waals surface area contributed by atoms with Crippen LogP contribution >= 0.6 is 0 Å². The molecule has 4 aliphatic rings. The Balaban J connectivity index is 1.47. The summed E-state index contributed by atoms with van der Waals surface area (Å²) in [5.74, 6) is 2.36. The van der Waals surface area contributed by atoms with Crippen molar-refractivity contribution >= 4 is 11.8 Å². The molecule has 7 atom stereocenters. The molecule has 146 valence electrons. The van der Waals surface area contributed by atoms with Crippen molar-refractivity contribution in [1.29, 1.82) is 0 Å². The van der Waals surface area contributed by atoms with Crippen molar-refractivity contribution in [3.05, 3.63) is 17.5 Å². The van der Waals surface area contributed by atoms with E-state index in [9.17, 15) is 9.59 Å². The fourth-order valence-electron chi connectivity index (χ4n) is 7.64. The highest BCUT2D eigenvalue weighted by Crippen LogP contribution is 2.65. The first-order valence-corrected chi connectivity index (χ1v) is 10.5. The number of Topliss-reactive ketones (excluding diaryl/α,β-unsaturated/α-hetero) is 1. The van der Waals surface area contributed by atoms with E-state index in [4.69, 9.17) is 9.26 Å². The van der Waals surface area contributed by atoms with E-state index in [1.807, 2.05) is 0 Å². The van der Waals surface area contributed by atoms with Crippen LogP contribution in [0, 0.1) is 34.5 Å². The molecule has 4 aliphatic carbocycles. The van der Waals surface area contributed by atoms with E-state index in [0.29, 0.717) is 23.5 Å². The Bertz CT molecular complexity index is 800. The maximum absolute atomic E-state index is 13.1. The van der Waals surface area contributed by atoms with Gasteiger partial charge in [-0.05, 0) is 68.1 Å². The highest BCUT2D eigenvalue weighted by Gasteiger charge is 2.62. The lowest BCUT2D eigenvalue weighted by Crippen LogP contribution is -2.56. The number of rotatable bonds is 1. The molecule has 5 heteroatoms. The lowest BCUT2D eigenvalue weighted by molar-refractivity contribution is -0.159. The van der Waals surface area contributed by atoms with Gasteiger partial charge < -0.3 is 9.26 Å². The number of ether oxygens (including phenoxy) is 1. The minimum absolute atomic E-state index is 0.000592. The predicted octanol–water partition coefficient (Wildman–Crippen LogP) is 4.20. The zero-order chi connectivity index (χ0) is 19.0. The van der Waals surface area contributed by atoms with Crippen LogP contribution in [0.1, 0.15) is 75.4 Å². The van der Waals surface area contributed by atoms with Gasteiger partial charge in [0.05, 0.1) is 6.20 Å². The number of carbonyl (C=O) groups is 2. The van der Waals surface area contributed by atoms with E-state index in [1.165, 1.54) is 6.92 Å². The van der Waals surface area contributed by atoms with Crippen molar-refractivity contribution in [2.75, 3.05) is 0 Å². The van der Waals surface area contributed by atoms with Gasteiger partial charge in [0, 0.05) is 23.8 Å². The number of fused-ring (bicyclic) bond motifs is 6. The Morgan fingerprint density at radius 1 is 1.15 bits per heavy atom. The summed E-state index contributed by atoms with van der Waals surface area (Å²) >= 11 is 0. The standard InChI is InChI=1S/C22H29NO4/c1-12(24)26-18-7-6-15-14-4-5-17-19(25)20-13(11-23-27-20)10-22(17,3)16(14)8-9-21(15,18)2/h11,14-18H,4-10H2,1-3H3/t14-,15-,16-,17-,18-,21-,22+/m0/s1. The Hall–Kier alpha value is -1.65. The number of hydrogen-bond donors (Lipinski definition) is 0. The third kappa shape index (κ3) is 2.26. The molecule has 5 nitrogen and oxygen atoms in total. The van der Waals surface area contributed by atoms with Crippen LogP contribution in [0.3, 0.4) is 0 Å². The lowest BCUT2D eigenvalue weighted by atomic mass is 9.45. The molecule has 0 radical (unpaired) electrons. The van der Waals surface area contributed by atoms with E-state index >= 15 is 0 Å². The monoisotopic (exact) mass is 371 g/mol. The van der Waals surface area contributed by atoms with Crippen molar-refractivity contribution in [1.82, 2.24) is 5.16 Å². The summed E-state index contributed by atoms with van der Waals surface area (Å²) in [7, 11) is 0. The molecule has 3 fully saturated rings. The van der Waals surface area contributed by atoms with Crippen molar-refractivity contribution < 1.29 is 18.8 Å². The van der Waals surface area contributed by atoms with Crippen molar-refractivity contribution in [2.24, 2.45) is 34.5 Å². The smallest absolute Gasteiger partial charge is 0.302 e. The number of hydrogen-bond acceptors (Lipinski definition) is 5. The highest BCUT2D eigenvalue weighted by atomic mass is 16.5. The molecule has 1 aromatic rings. The Morgan fingerprint density at radius 2 is 1.93 bits per heavy atom. The molecule has 0 saturated heterocycles. The molecule has 0 spiro atoms. The summed E-state index contributed by atoms with van der Waals surface area (Å²) in [6.07, 6.45) is 9.10. The molecule has 0 aliphatic heterocycles.